The van der Waals surface area contributed by atoms with E-state index >= 15 is 0 Å². The number of nitrogens with zero attached hydrogens (tertiary/aromatic N) is 3. The molecule has 2 aromatic carbocycles. The fourth-order valence-electron chi connectivity index (χ4n) is 4.94. The number of hydrazone groups is 1. The van der Waals surface area contributed by atoms with Gasteiger partial charge in [0.05, 0.1) is 17.1 Å². The molecule has 1 atom stereocenters. The molecule has 6 N–H and O–H groups in total. The second-order valence-electron chi connectivity index (χ2n) is 11.8. The van der Waals surface area contributed by atoms with Crippen molar-refractivity contribution in [2.45, 2.75) is 51.5 Å². The number of carboxylic acid groups (broad SMARTS) is 1. The number of anilines is 1. The molecule has 1 aliphatic rings. The first-order valence-electron chi connectivity index (χ1n) is 16.2. The Labute approximate surface area is 307 Å². The molecule has 0 radical (unpaired) electrons. The number of imide groups is 1. The van der Waals surface area contributed by atoms with E-state index in [0.29, 0.717) is 29.7 Å². The first-order chi connectivity index (χ1) is 25.4. The summed E-state index contributed by atoms with van der Waals surface area (Å²) in [6.07, 6.45) is 2.69. The molecule has 1 heterocycles. The molecule has 20 nitrogen and oxygen atoms in total. The Morgan fingerprint density at radius 1 is 0.944 bits per heavy atom. The minimum absolute atomic E-state index is 0.0671. The summed E-state index contributed by atoms with van der Waals surface area (Å²) >= 11 is 0. The minimum atomic E-state index is -4.73. The standard InChI is InChI=1S/C33H37N7O13S/c1-20(22-8-6-21(7-9-22)17-31(45)46)37-38-32(47)24-11-10-23(18-26(24)40(49)50)35-28(42)14-15-34-33(48)25(19-54(51,52)53)36-27(41)5-3-2-4-16-39-29(43)12-13-30(39)44/h6-13,18,25H,2-5,14-17,19H2,1H3,(H,34,48)(H,35,42)(H,36,41)(H,38,47)(H,45,46)(H,51,52,53)/b37-20+/t25-/m0/s1. The van der Waals surface area contributed by atoms with Crippen LogP contribution in [0.5, 0.6) is 0 Å². The van der Waals surface area contributed by atoms with Crippen molar-refractivity contribution in [1.29, 1.82) is 0 Å². The number of hydrogen-bond donors (Lipinski definition) is 6. The Hall–Kier alpha value is -6.35. The van der Waals surface area contributed by atoms with E-state index in [4.69, 9.17) is 5.11 Å². The largest absolute Gasteiger partial charge is 0.481 e. The number of hydrogen-bond acceptors (Lipinski definition) is 12. The number of carbonyl (C=O) groups is 7. The number of amides is 6. The summed E-state index contributed by atoms with van der Waals surface area (Å²) in [4.78, 5) is 96.4. The molecule has 54 heavy (non-hydrogen) atoms. The van der Waals surface area contributed by atoms with Crippen molar-refractivity contribution in [1.82, 2.24) is 21.0 Å². The van der Waals surface area contributed by atoms with Crippen LogP contribution in [0.3, 0.4) is 0 Å². The molecule has 0 saturated heterocycles. The Kier molecular flexibility index (Phi) is 15.2. The Bertz CT molecular complexity index is 1960. The predicted molar refractivity (Wildman–Crippen MR) is 189 cm³/mol. The van der Waals surface area contributed by atoms with E-state index in [0.717, 1.165) is 29.2 Å². The monoisotopic (exact) mass is 771 g/mol. The number of nitro groups is 1. The minimum Gasteiger partial charge on any atom is -0.481 e. The van der Waals surface area contributed by atoms with Gasteiger partial charge < -0.3 is 21.1 Å². The molecule has 6 amide bonds. The zero-order valence-electron chi connectivity index (χ0n) is 28.8. The van der Waals surface area contributed by atoms with Gasteiger partial charge in [-0.15, -0.1) is 0 Å². The van der Waals surface area contributed by atoms with E-state index in [1.165, 1.54) is 6.07 Å². The van der Waals surface area contributed by atoms with Crippen LogP contribution >= 0.6 is 0 Å². The lowest BCUT2D eigenvalue weighted by atomic mass is 10.1. The highest BCUT2D eigenvalue weighted by molar-refractivity contribution is 7.85. The second kappa shape index (κ2) is 19.5. The lowest BCUT2D eigenvalue weighted by molar-refractivity contribution is -0.385. The van der Waals surface area contributed by atoms with Crippen LogP contribution < -0.4 is 21.4 Å². The average Bonchev–Trinajstić information content (AvgIpc) is 3.41. The van der Waals surface area contributed by atoms with Crippen LogP contribution in [0.4, 0.5) is 11.4 Å². The number of rotatable bonds is 20. The normalized spacial score (nSPS) is 13.3. The SMILES string of the molecule is C/C(=N\NC(=O)c1ccc(NC(=O)CCNC(=O)[C@H](CS(=O)(=O)O)NC(=O)CCCCCN2C(=O)C=CC2=O)cc1[N+](=O)[O-])c1ccc(CC(=O)O)cc1. The van der Waals surface area contributed by atoms with E-state index in [-0.39, 0.29) is 43.6 Å². The van der Waals surface area contributed by atoms with Gasteiger partial charge in [0.25, 0.3) is 33.5 Å². The summed E-state index contributed by atoms with van der Waals surface area (Å²) in [6.45, 7) is 1.34. The number of carbonyl (C=O) groups excluding carboxylic acids is 6. The number of carboxylic acids is 1. The third kappa shape index (κ3) is 13.7. The van der Waals surface area contributed by atoms with Gasteiger partial charge in [-0.25, -0.2) is 5.43 Å². The van der Waals surface area contributed by atoms with E-state index in [1.807, 2.05) is 0 Å². The first-order valence-corrected chi connectivity index (χ1v) is 17.8. The third-order valence-corrected chi connectivity index (χ3v) is 8.40. The van der Waals surface area contributed by atoms with E-state index in [1.54, 1.807) is 31.2 Å². The van der Waals surface area contributed by atoms with Gasteiger partial charge >= 0.3 is 5.97 Å². The highest BCUT2D eigenvalue weighted by Crippen LogP contribution is 2.23. The maximum atomic E-state index is 12.8. The van der Waals surface area contributed by atoms with E-state index in [9.17, 15) is 56.6 Å². The van der Waals surface area contributed by atoms with Crippen LogP contribution in [0, 0.1) is 10.1 Å². The molecule has 0 unspecified atom stereocenters. The van der Waals surface area contributed by atoms with Gasteiger partial charge in [-0.3, -0.25) is 53.1 Å². The molecule has 0 fully saturated rings. The fraction of sp³-hybridized carbons (Fsp3) is 0.333. The quantitative estimate of drug-likeness (QED) is 0.0270. The average molecular weight is 772 g/mol. The third-order valence-electron chi connectivity index (χ3n) is 7.64. The summed E-state index contributed by atoms with van der Waals surface area (Å²) < 4.78 is 32.3. The van der Waals surface area contributed by atoms with Crippen LogP contribution in [-0.4, -0.2) is 99.9 Å². The topological polar surface area (TPSA) is 301 Å². The number of benzene rings is 2. The van der Waals surface area contributed by atoms with Crippen molar-refractivity contribution in [3.8, 4) is 0 Å². The van der Waals surface area contributed by atoms with Crippen LogP contribution in [0.25, 0.3) is 0 Å². The highest BCUT2D eigenvalue weighted by atomic mass is 32.2. The highest BCUT2D eigenvalue weighted by Gasteiger charge is 2.27. The number of nitrogens with one attached hydrogen (secondary N) is 4. The zero-order chi connectivity index (χ0) is 40.0. The summed E-state index contributed by atoms with van der Waals surface area (Å²) in [7, 11) is -4.73. The van der Waals surface area contributed by atoms with Gasteiger partial charge in [-0.2, -0.15) is 13.5 Å². The van der Waals surface area contributed by atoms with Gasteiger partial charge in [0, 0.05) is 49.8 Å². The Balaban J connectivity index is 1.50. The molecule has 0 spiro atoms. The smallest absolute Gasteiger partial charge is 0.307 e. The van der Waals surface area contributed by atoms with Crippen LogP contribution in [0.2, 0.25) is 0 Å². The molecule has 0 aromatic heterocycles. The molecule has 288 valence electrons. The van der Waals surface area contributed by atoms with Gasteiger partial charge in [-0.1, -0.05) is 30.7 Å². The maximum absolute atomic E-state index is 12.8. The van der Waals surface area contributed by atoms with Gasteiger partial charge in [0.2, 0.25) is 17.7 Å². The first kappa shape index (κ1) is 42.1. The molecule has 3 rings (SSSR count). The molecular formula is C33H37N7O13S. The molecule has 0 saturated carbocycles. The number of nitro benzene ring substituents is 1. The summed E-state index contributed by atoms with van der Waals surface area (Å²) in [5.41, 5.74) is 2.55. The summed E-state index contributed by atoms with van der Waals surface area (Å²) in [5, 5.41) is 31.5. The molecule has 0 bridgehead atoms. The molecular weight excluding hydrogens is 734 g/mol. The Morgan fingerprint density at radius 3 is 2.22 bits per heavy atom. The lowest BCUT2D eigenvalue weighted by Gasteiger charge is -2.17. The van der Waals surface area contributed by atoms with E-state index < -0.39 is 80.4 Å². The van der Waals surface area contributed by atoms with Gasteiger partial charge in [-0.05, 0) is 43.0 Å². The molecule has 21 heteroatoms. The van der Waals surface area contributed by atoms with Crippen LogP contribution in [0.15, 0.2) is 59.7 Å². The maximum Gasteiger partial charge on any atom is 0.307 e. The van der Waals surface area contributed by atoms with Crippen molar-refractivity contribution < 1.29 is 56.6 Å². The fourth-order valence-corrected chi connectivity index (χ4v) is 5.60. The molecule has 1 aliphatic heterocycles. The summed E-state index contributed by atoms with van der Waals surface area (Å²) in [6, 6.07) is 7.89. The van der Waals surface area contributed by atoms with Crippen molar-refractivity contribution in [2.75, 3.05) is 24.2 Å². The van der Waals surface area contributed by atoms with Crippen molar-refractivity contribution in [3.63, 3.8) is 0 Å². The van der Waals surface area contributed by atoms with Crippen LogP contribution in [0.1, 0.15) is 60.5 Å². The Morgan fingerprint density at radius 2 is 1.61 bits per heavy atom. The lowest BCUT2D eigenvalue weighted by Crippen LogP contribution is -2.50. The number of aliphatic carboxylic acids is 1. The predicted octanol–water partition coefficient (Wildman–Crippen LogP) is 0.679. The van der Waals surface area contributed by atoms with Crippen molar-refractivity contribution in [2.24, 2.45) is 5.10 Å². The second-order valence-corrected chi connectivity index (χ2v) is 13.3. The van der Waals surface area contributed by atoms with Gasteiger partial charge in [0.15, 0.2) is 0 Å². The van der Waals surface area contributed by atoms with E-state index in [2.05, 4.69) is 26.5 Å². The van der Waals surface area contributed by atoms with Gasteiger partial charge in [0.1, 0.15) is 17.4 Å². The molecule has 2 aromatic rings. The van der Waals surface area contributed by atoms with Crippen molar-refractivity contribution >= 4 is 68.6 Å². The van der Waals surface area contributed by atoms with Crippen LogP contribution in [-0.2, 0) is 45.3 Å². The number of unbranched alkanes of at least 4 members (excludes halogenated alkanes) is 2. The summed E-state index contributed by atoms with van der Waals surface area (Å²) in [5.74, 6) is -6.42. The zero-order valence-corrected chi connectivity index (χ0v) is 29.6. The van der Waals surface area contributed by atoms with Crippen molar-refractivity contribution in [3.05, 3.63) is 81.4 Å². The molecule has 0 aliphatic carbocycles.